The number of amides is 2. The Morgan fingerprint density at radius 1 is 1.47 bits per heavy atom. The smallest absolute Gasteiger partial charge is 0.332 e. The summed E-state index contributed by atoms with van der Waals surface area (Å²) in [7, 11) is 0. The van der Waals surface area contributed by atoms with E-state index in [9.17, 15) is 4.79 Å². The van der Waals surface area contributed by atoms with E-state index in [0.717, 1.165) is 11.5 Å². The largest absolute Gasteiger partial charge is 0.350 e. The summed E-state index contributed by atoms with van der Waals surface area (Å²) in [5, 5.41) is 3.63. The van der Waals surface area contributed by atoms with Gasteiger partial charge in [0.2, 0.25) is 0 Å². The van der Waals surface area contributed by atoms with Crippen molar-refractivity contribution in [1.82, 2.24) is 5.43 Å². The Balaban J connectivity index is 2.12. The number of carbonyl (C=O) groups excluding carboxylic acids is 1. The van der Waals surface area contributed by atoms with Gasteiger partial charge in [0.25, 0.3) is 0 Å². The zero-order valence-corrected chi connectivity index (χ0v) is 9.04. The molecule has 0 atom stereocenters. The maximum absolute atomic E-state index is 10.2. The summed E-state index contributed by atoms with van der Waals surface area (Å²) >= 11 is 1.72. The van der Waals surface area contributed by atoms with Crippen molar-refractivity contribution in [3.05, 3.63) is 35.9 Å². The number of hydrogen-bond donors (Lipinski definition) is 2. The topological polar surface area (TPSA) is 67.5 Å². The Morgan fingerprint density at radius 3 is 2.87 bits per heavy atom. The monoisotopic (exact) mass is 223 g/mol. The summed E-state index contributed by atoms with van der Waals surface area (Å²) in [4.78, 5) is 10.2. The fourth-order valence-electron chi connectivity index (χ4n) is 0.950. The molecule has 0 bridgehead atoms. The van der Waals surface area contributed by atoms with E-state index in [0.29, 0.717) is 0 Å². The van der Waals surface area contributed by atoms with Crippen LogP contribution in [-0.2, 0) is 5.75 Å². The molecule has 1 rings (SSSR count). The first-order valence-corrected chi connectivity index (χ1v) is 5.63. The van der Waals surface area contributed by atoms with Crippen LogP contribution in [0.3, 0.4) is 0 Å². The molecule has 0 aromatic heterocycles. The summed E-state index contributed by atoms with van der Waals surface area (Å²) in [5.74, 6) is 1.68. The zero-order chi connectivity index (χ0) is 10.9. The second kappa shape index (κ2) is 6.89. The Bertz CT molecular complexity index is 327. The summed E-state index contributed by atoms with van der Waals surface area (Å²) in [6, 6.07) is 9.53. The summed E-state index contributed by atoms with van der Waals surface area (Å²) in [6.45, 7) is 0. The SMILES string of the molecule is NC(=O)NN=CCSCc1ccccc1. The van der Waals surface area contributed by atoms with Gasteiger partial charge in [-0.25, -0.2) is 10.2 Å². The molecule has 5 heteroatoms. The van der Waals surface area contributed by atoms with Crippen LogP contribution in [0.2, 0.25) is 0 Å². The minimum absolute atomic E-state index is 0.640. The van der Waals surface area contributed by atoms with Gasteiger partial charge in [0.1, 0.15) is 0 Å². The predicted molar refractivity (Wildman–Crippen MR) is 63.8 cm³/mol. The quantitative estimate of drug-likeness (QED) is 0.452. The molecule has 0 saturated heterocycles. The Hall–Kier alpha value is -1.49. The number of carbonyl (C=O) groups is 1. The third kappa shape index (κ3) is 5.74. The minimum Gasteiger partial charge on any atom is -0.350 e. The van der Waals surface area contributed by atoms with Crippen molar-refractivity contribution in [2.75, 3.05) is 5.75 Å². The average molecular weight is 223 g/mol. The Morgan fingerprint density at radius 2 is 2.20 bits per heavy atom. The predicted octanol–water partition coefficient (Wildman–Crippen LogP) is 1.57. The number of nitrogens with one attached hydrogen (secondary N) is 1. The highest BCUT2D eigenvalue weighted by Crippen LogP contribution is 2.09. The molecule has 0 saturated carbocycles. The third-order valence-corrected chi connectivity index (χ3v) is 2.49. The molecule has 80 valence electrons. The van der Waals surface area contributed by atoms with Crippen molar-refractivity contribution in [2.45, 2.75) is 5.75 Å². The molecule has 1 aromatic rings. The number of nitrogens with two attached hydrogens (primary N) is 1. The van der Waals surface area contributed by atoms with Crippen molar-refractivity contribution in [3.63, 3.8) is 0 Å². The number of nitrogens with zero attached hydrogens (tertiary/aromatic N) is 1. The molecule has 0 aliphatic carbocycles. The summed E-state index contributed by atoms with van der Waals surface area (Å²) < 4.78 is 0. The van der Waals surface area contributed by atoms with E-state index in [2.05, 4.69) is 22.7 Å². The molecule has 1 aromatic carbocycles. The van der Waals surface area contributed by atoms with E-state index in [1.54, 1.807) is 18.0 Å². The molecule has 3 N–H and O–H groups in total. The van der Waals surface area contributed by atoms with Gasteiger partial charge in [0.15, 0.2) is 0 Å². The number of thioether (sulfide) groups is 1. The van der Waals surface area contributed by atoms with Gasteiger partial charge in [0.05, 0.1) is 0 Å². The number of hydrazone groups is 1. The summed E-state index contributed by atoms with van der Waals surface area (Å²) in [5.41, 5.74) is 8.24. The molecule has 15 heavy (non-hydrogen) atoms. The van der Waals surface area contributed by atoms with Crippen molar-refractivity contribution >= 4 is 24.0 Å². The van der Waals surface area contributed by atoms with Gasteiger partial charge >= 0.3 is 6.03 Å². The van der Waals surface area contributed by atoms with E-state index < -0.39 is 6.03 Å². The Labute approximate surface area is 92.9 Å². The van der Waals surface area contributed by atoms with Crippen LogP contribution in [0, 0.1) is 0 Å². The van der Waals surface area contributed by atoms with E-state index in [1.165, 1.54) is 5.56 Å². The zero-order valence-electron chi connectivity index (χ0n) is 8.22. The van der Waals surface area contributed by atoms with Gasteiger partial charge in [-0.2, -0.15) is 16.9 Å². The third-order valence-electron chi connectivity index (χ3n) is 1.57. The lowest BCUT2D eigenvalue weighted by Gasteiger charge is -1.97. The highest BCUT2D eigenvalue weighted by molar-refractivity contribution is 7.99. The molecule has 0 fully saturated rings. The second-order valence-corrected chi connectivity index (χ2v) is 3.82. The lowest BCUT2D eigenvalue weighted by molar-refractivity contribution is 0.249. The fourth-order valence-corrected chi connectivity index (χ4v) is 1.68. The lowest BCUT2D eigenvalue weighted by Crippen LogP contribution is -2.24. The fraction of sp³-hybridized carbons (Fsp3) is 0.200. The molecular weight excluding hydrogens is 210 g/mol. The summed E-state index contributed by atoms with van der Waals surface area (Å²) in [6.07, 6.45) is 1.62. The second-order valence-electron chi connectivity index (χ2n) is 2.79. The molecule has 0 spiro atoms. The van der Waals surface area contributed by atoms with Crippen LogP contribution in [0.1, 0.15) is 5.56 Å². The maximum atomic E-state index is 10.2. The molecule has 0 aliphatic heterocycles. The van der Waals surface area contributed by atoms with Gasteiger partial charge in [-0.05, 0) is 5.56 Å². The molecule has 0 radical (unpaired) electrons. The first-order chi connectivity index (χ1) is 7.29. The number of benzene rings is 1. The highest BCUT2D eigenvalue weighted by Gasteiger charge is 1.90. The Kier molecular flexibility index (Phi) is 5.32. The van der Waals surface area contributed by atoms with Crippen molar-refractivity contribution < 1.29 is 4.79 Å². The molecule has 4 nitrogen and oxygen atoms in total. The molecule has 2 amide bonds. The van der Waals surface area contributed by atoms with E-state index in [-0.39, 0.29) is 0 Å². The van der Waals surface area contributed by atoms with Crippen LogP contribution in [0.25, 0.3) is 0 Å². The van der Waals surface area contributed by atoms with Crippen molar-refractivity contribution in [1.29, 1.82) is 0 Å². The van der Waals surface area contributed by atoms with Crippen LogP contribution >= 0.6 is 11.8 Å². The van der Waals surface area contributed by atoms with E-state index in [4.69, 9.17) is 5.73 Å². The maximum Gasteiger partial charge on any atom is 0.332 e. The van der Waals surface area contributed by atoms with Gasteiger partial charge in [-0.3, -0.25) is 0 Å². The van der Waals surface area contributed by atoms with Crippen molar-refractivity contribution in [2.24, 2.45) is 10.8 Å². The van der Waals surface area contributed by atoms with E-state index in [1.807, 2.05) is 18.2 Å². The van der Waals surface area contributed by atoms with Gasteiger partial charge in [0, 0.05) is 17.7 Å². The molecular formula is C10H13N3OS. The molecule has 0 heterocycles. The molecule has 0 aliphatic rings. The number of hydrogen-bond acceptors (Lipinski definition) is 3. The number of primary amides is 1. The standard InChI is InChI=1S/C10H13N3OS/c11-10(14)13-12-6-7-15-8-9-4-2-1-3-5-9/h1-6H,7-8H2,(H3,11,13,14). The van der Waals surface area contributed by atoms with Gasteiger partial charge < -0.3 is 5.73 Å². The van der Waals surface area contributed by atoms with Crippen LogP contribution in [0.15, 0.2) is 35.4 Å². The van der Waals surface area contributed by atoms with Gasteiger partial charge in [-0.1, -0.05) is 30.3 Å². The van der Waals surface area contributed by atoms with Gasteiger partial charge in [-0.15, -0.1) is 0 Å². The lowest BCUT2D eigenvalue weighted by atomic mass is 10.2. The average Bonchev–Trinajstić information content (AvgIpc) is 2.24. The normalized spacial score (nSPS) is 10.4. The first-order valence-electron chi connectivity index (χ1n) is 4.47. The highest BCUT2D eigenvalue weighted by atomic mass is 32.2. The van der Waals surface area contributed by atoms with E-state index >= 15 is 0 Å². The number of urea groups is 1. The van der Waals surface area contributed by atoms with Crippen LogP contribution < -0.4 is 11.2 Å². The van der Waals surface area contributed by atoms with Crippen LogP contribution in [-0.4, -0.2) is 18.0 Å². The minimum atomic E-state index is -0.640. The first kappa shape index (κ1) is 11.6. The van der Waals surface area contributed by atoms with Crippen LogP contribution in [0.4, 0.5) is 4.79 Å². The number of rotatable bonds is 5. The van der Waals surface area contributed by atoms with Crippen LogP contribution in [0.5, 0.6) is 0 Å². The van der Waals surface area contributed by atoms with Crippen molar-refractivity contribution in [3.8, 4) is 0 Å². The molecule has 0 unspecified atom stereocenters.